The highest BCUT2D eigenvalue weighted by Gasteiger charge is 2.51. The number of ether oxygens (including phenoxy) is 1. The number of rotatable bonds is 6. The molecule has 0 saturated heterocycles. The van der Waals surface area contributed by atoms with Gasteiger partial charge in [-0.25, -0.2) is 0 Å². The monoisotopic (exact) mass is 1030 g/mol. The zero-order chi connectivity index (χ0) is 63.3. The molecule has 0 fully saturated rings. The van der Waals surface area contributed by atoms with Crippen molar-refractivity contribution in [3.8, 4) is 56.0 Å². The predicted octanol–water partition coefficient (Wildman–Crippen LogP) is 15.3. The summed E-state index contributed by atoms with van der Waals surface area (Å²) in [6, 6.07) is 43.7. The van der Waals surface area contributed by atoms with Gasteiger partial charge in [0.05, 0.1) is 30.6 Å². The van der Waals surface area contributed by atoms with E-state index in [9.17, 15) is 13.7 Å². The first-order valence-corrected chi connectivity index (χ1v) is 27.2. The summed E-state index contributed by atoms with van der Waals surface area (Å²) in [5.41, 5.74) is 10.1. The van der Waals surface area contributed by atoms with Crippen LogP contribution in [0, 0.1) is 0 Å². The van der Waals surface area contributed by atoms with E-state index in [-0.39, 0.29) is 64.5 Å². The smallest absolute Gasteiger partial charge is 0.256 e. The fourth-order valence-corrected chi connectivity index (χ4v) is 14.6. The molecule has 0 unspecified atom stereocenters. The van der Waals surface area contributed by atoms with Crippen LogP contribution in [0.1, 0.15) is 45.5 Å². The van der Waals surface area contributed by atoms with Crippen molar-refractivity contribution in [3.05, 3.63) is 242 Å². The molecule has 0 aliphatic carbocycles. The fraction of sp³-hybridized carbons (Fsp3) is 0.0571. The van der Waals surface area contributed by atoms with E-state index in [4.69, 9.17) is 10.2 Å². The molecule has 5 aliphatic rings. The first-order valence-electron chi connectivity index (χ1n) is 32.6. The molecule has 0 bridgehead atoms. The van der Waals surface area contributed by atoms with Gasteiger partial charge < -0.3 is 14.5 Å². The summed E-state index contributed by atoms with van der Waals surface area (Å²) in [5, 5.41) is 0. The van der Waals surface area contributed by atoms with Crippen LogP contribution >= 0.6 is 23.5 Å². The Labute approximate surface area is 479 Å². The highest BCUT2D eigenvalue weighted by atomic mass is 32.2. The van der Waals surface area contributed by atoms with E-state index < -0.39 is 72.7 Å². The number of anilines is 6. The molecule has 16 rings (SSSR count). The molecule has 0 radical (unpaired) electrons. The van der Waals surface area contributed by atoms with Crippen LogP contribution < -0.4 is 47.3 Å². The summed E-state index contributed by atoms with van der Waals surface area (Å²) in [6.07, 6.45) is 0. The van der Waals surface area contributed by atoms with Crippen molar-refractivity contribution in [3.63, 3.8) is 0 Å². The van der Waals surface area contributed by atoms with Gasteiger partial charge in [-0.3, -0.25) is 0 Å². The quantitative estimate of drug-likeness (QED) is 0.154. The van der Waals surface area contributed by atoms with Gasteiger partial charge in [-0.2, -0.15) is 0 Å². The maximum absolute atomic E-state index is 11.2. The number of para-hydroxylation sites is 2. The third-order valence-corrected chi connectivity index (χ3v) is 17.7. The number of benzene rings is 11. The van der Waals surface area contributed by atoms with Crippen LogP contribution in [-0.2, 0) is 5.41 Å². The third-order valence-electron chi connectivity index (χ3n) is 15.5. The Balaban J connectivity index is 1.15. The van der Waals surface area contributed by atoms with Crippen LogP contribution in [0.4, 0.5) is 34.1 Å². The molecule has 5 heterocycles. The largest absolute Gasteiger partial charge is 0.458 e. The van der Waals surface area contributed by atoms with Gasteiger partial charge in [0, 0.05) is 59.0 Å². The summed E-state index contributed by atoms with van der Waals surface area (Å²) in [7, 11) is 0. The van der Waals surface area contributed by atoms with E-state index in [0.29, 0.717) is 75.3 Å². The highest BCUT2D eigenvalue weighted by molar-refractivity contribution is 8.01. The molecule has 0 saturated carbocycles. The molecule has 3 nitrogen and oxygen atoms in total. The summed E-state index contributed by atoms with van der Waals surface area (Å²) >= 11 is 2.50. The molecular weight excluding hydrogens is 971 g/mol. The van der Waals surface area contributed by atoms with Gasteiger partial charge in [0.1, 0.15) is 11.5 Å². The lowest BCUT2D eigenvalue weighted by Gasteiger charge is -2.48. The SMILES string of the molecule is [2H]c1cc2c3c(c1[2H])Oc1c([2H])c([2H])c([2H])c4c1B3c1c(c([2H])c3c(c1S4)B1c4c(cc(C(C)(C)C)cc4N(c4c(-c5ccccc5)cccc4-c4ccccc4)c4c([2H])c(-c5c([2H])c([2H])c([2H])c([2H])c5[2H])c([2H])c([2H])c41)N3c1ccccc1-c1ccccc1)S2. The average molecular weight is 1030 g/mol. The summed E-state index contributed by atoms with van der Waals surface area (Å²) in [4.78, 5) is 6.10. The van der Waals surface area contributed by atoms with E-state index >= 15 is 0 Å². The van der Waals surface area contributed by atoms with Crippen LogP contribution in [-0.4, -0.2) is 13.4 Å². The van der Waals surface area contributed by atoms with Gasteiger partial charge in [0.25, 0.3) is 13.4 Å². The van der Waals surface area contributed by atoms with Gasteiger partial charge >= 0.3 is 0 Å². The molecule has 77 heavy (non-hydrogen) atoms. The first kappa shape index (κ1) is 32.9. The second-order valence-electron chi connectivity index (χ2n) is 20.8. The molecule has 11 aromatic rings. The number of hydrogen-bond donors (Lipinski definition) is 0. The van der Waals surface area contributed by atoms with Crippen LogP contribution in [0.25, 0.3) is 44.5 Å². The van der Waals surface area contributed by atoms with Crippen molar-refractivity contribution in [2.45, 2.75) is 45.8 Å². The second kappa shape index (κ2) is 17.1. The van der Waals surface area contributed by atoms with Crippen molar-refractivity contribution >= 4 is 104 Å². The number of hydrogen-bond acceptors (Lipinski definition) is 5. The minimum atomic E-state index is -1.15. The lowest BCUT2D eigenvalue weighted by Crippen LogP contribution is -2.66. The zero-order valence-electron chi connectivity index (χ0n) is 55.7. The van der Waals surface area contributed by atoms with Gasteiger partial charge in [-0.05, 0) is 126 Å². The third kappa shape index (κ3) is 6.76. The first-order chi connectivity index (χ1) is 43.7. The minimum absolute atomic E-state index is 0.00386. The standard InChI is InChI=1S/C70H48B2N2OS2/c1-70(2,3)48-40-55-63-56(41-48)74(68-50(45-25-12-6-13-26-45)30-18-31-51(68)46-27-14-7-15-28-46)54-39-47(43-21-8-4-9-22-43)37-38-52(54)71(63)64-57(73(55)53-32-17-16-29-49(53)44-23-10-5-11-24-44)42-62-67-69(64)77-61-36-20-34-59-66(61)72(67)65-58(75-59)33-19-35-60(65)76-62/h4-42H,1-3H3/i4D,8D,9D,19D,20D,21D,22D,33D,34D,36D,37D,38D,39D,42D. The highest BCUT2D eigenvalue weighted by Crippen LogP contribution is 2.54. The van der Waals surface area contributed by atoms with Gasteiger partial charge in [-0.1, -0.05) is 226 Å². The maximum Gasteiger partial charge on any atom is 0.256 e. The molecule has 0 amide bonds. The lowest BCUT2D eigenvalue weighted by atomic mass is 9.31. The van der Waals surface area contributed by atoms with Crippen LogP contribution in [0.15, 0.2) is 256 Å². The Morgan fingerprint density at radius 3 is 1.74 bits per heavy atom. The Morgan fingerprint density at radius 2 is 1.04 bits per heavy atom. The van der Waals surface area contributed by atoms with E-state index in [2.05, 4.69) is 37.8 Å². The zero-order valence-corrected chi connectivity index (χ0v) is 43.3. The molecule has 0 aromatic heterocycles. The number of nitrogens with zero attached hydrogens (tertiary/aromatic N) is 2. The Kier molecular flexibility index (Phi) is 7.31. The van der Waals surface area contributed by atoms with Crippen LogP contribution in [0.3, 0.4) is 0 Å². The molecule has 0 atom stereocenters. The van der Waals surface area contributed by atoms with Gasteiger partial charge in [-0.15, -0.1) is 0 Å². The normalized spacial score (nSPS) is 16.4. The average Bonchev–Trinajstić information content (AvgIpc) is 0.668. The molecule has 7 heteroatoms. The molecule has 0 spiro atoms. The van der Waals surface area contributed by atoms with Gasteiger partial charge in [0.15, 0.2) is 0 Å². The van der Waals surface area contributed by atoms with Crippen molar-refractivity contribution in [2.75, 3.05) is 9.80 Å². The summed E-state index contributed by atoms with van der Waals surface area (Å²) in [6.45, 7) is 4.33. The van der Waals surface area contributed by atoms with E-state index in [1.807, 2.05) is 138 Å². The van der Waals surface area contributed by atoms with E-state index in [1.165, 1.54) is 23.5 Å². The lowest BCUT2D eigenvalue weighted by molar-refractivity contribution is 0.485. The molecular formula is C70H48B2N2OS2. The van der Waals surface area contributed by atoms with Crippen molar-refractivity contribution < 1.29 is 23.9 Å². The van der Waals surface area contributed by atoms with E-state index in [0.717, 1.165) is 38.9 Å². The fourth-order valence-electron chi connectivity index (χ4n) is 12.1. The van der Waals surface area contributed by atoms with Crippen LogP contribution in [0.5, 0.6) is 11.5 Å². The van der Waals surface area contributed by atoms with E-state index in [1.54, 1.807) is 6.07 Å². The molecule has 11 aromatic carbocycles. The molecule has 362 valence electrons. The van der Waals surface area contributed by atoms with Gasteiger partial charge in [0.2, 0.25) is 0 Å². The Bertz CT molecular complexity index is 5030. The topological polar surface area (TPSA) is 15.7 Å². The maximum atomic E-state index is 11.2. The second-order valence-corrected chi connectivity index (χ2v) is 22.9. The van der Waals surface area contributed by atoms with Crippen LogP contribution in [0.2, 0.25) is 0 Å². The van der Waals surface area contributed by atoms with Crippen molar-refractivity contribution in [2.24, 2.45) is 0 Å². The predicted molar refractivity (Wildman–Crippen MR) is 327 cm³/mol. The Morgan fingerprint density at radius 1 is 0.416 bits per heavy atom. The van der Waals surface area contributed by atoms with Crippen molar-refractivity contribution in [1.29, 1.82) is 0 Å². The molecule has 5 aliphatic heterocycles. The number of fused-ring (bicyclic) bond motifs is 5. The summed E-state index contributed by atoms with van der Waals surface area (Å²) in [5.74, 6) is 0.0460. The summed E-state index contributed by atoms with van der Waals surface area (Å²) < 4.78 is 143. The Hall–Kier alpha value is -8.35. The minimum Gasteiger partial charge on any atom is -0.458 e. The molecule has 0 N–H and O–H groups in total. The van der Waals surface area contributed by atoms with Crippen molar-refractivity contribution in [1.82, 2.24) is 0 Å².